The Morgan fingerprint density at radius 1 is 1.35 bits per heavy atom. The third-order valence-corrected chi connectivity index (χ3v) is 3.52. The third kappa shape index (κ3) is 5.48. The van der Waals surface area contributed by atoms with Crippen molar-refractivity contribution in [2.75, 3.05) is 12.0 Å². The van der Waals surface area contributed by atoms with Crippen LogP contribution in [-0.4, -0.2) is 35.0 Å². The molecule has 0 fully saturated rings. The number of thioether (sulfide) groups is 1. The molecular formula is C15H19NO3S. The van der Waals surface area contributed by atoms with Crippen LogP contribution >= 0.6 is 11.8 Å². The van der Waals surface area contributed by atoms with Gasteiger partial charge in [0.1, 0.15) is 0 Å². The molecule has 1 rings (SSSR count). The molecule has 0 bridgehead atoms. The molecule has 0 saturated carbocycles. The van der Waals surface area contributed by atoms with E-state index < -0.39 is 5.97 Å². The lowest BCUT2D eigenvalue weighted by Gasteiger charge is -2.15. The summed E-state index contributed by atoms with van der Waals surface area (Å²) < 4.78 is 0. The van der Waals surface area contributed by atoms with E-state index >= 15 is 0 Å². The number of carboxylic acid groups (broad SMARTS) is 1. The van der Waals surface area contributed by atoms with E-state index in [1.54, 1.807) is 36.0 Å². The average Bonchev–Trinajstić information content (AvgIpc) is 2.45. The summed E-state index contributed by atoms with van der Waals surface area (Å²) in [5, 5.41) is 11.5. The van der Waals surface area contributed by atoms with Crippen LogP contribution in [0.1, 0.15) is 29.3 Å². The minimum absolute atomic E-state index is 0.0975. The highest BCUT2D eigenvalue weighted by Gasteiger charge is 2.11. The number of benzene rings is 1. The maximum Gasteiger partial charge on any atom is 0.328 e. The van der Waals surface area contributed by atoms with E-state index in [9.17, 15) is 9.59 Å². The van der Waals surface area contributed by atoms with Gasteiger partial charge in [-0.25, -0.2) is 4.79 Å². The zero-order valence-electron chi connectivity index (χ0n) is 11.6. The average molecular weight is 293 g/mol. The van der Waals surface area contributed by atoms with Crippen molar-refractivity contribution in [3.63, 3.8) is 0 Å². The predicted molar refractivity (Wildman–Crippen MR) is 83.0 cm³/mol. The lowest BCUT2D eigenvalue weighted by molar-refractivity contribution is -0.131. The highest BCUT2D eigenvalue weighted by Crippen LogP contribution is 2.08. The zero-order chi connectivity index (χ0) is 15.0. The van der Waals surface area contributed by atoms with Crippen molar-refractivity contribution in [2.45, 2.75) is 19.4 Å². The molecule has 1 atom stereocenters. The molecule has 0 spiro atoms. The van der Waals surface area contributed by atoms with Crippen molar-refractivity contribution >= 4 is 29.7 Å². The second-order valence-corrected chi connectivity index (χ2v) is 5.24. The number of hydrogen-bond donors (Lipinski definition) is 2. The van der Waals surface area contributed by atoms with Crippen molar-refractivity contribution in [1.82, 2.24) is 5.32 Å². The molecule has 0 aromatic heterocycles. The fourth-order valence-corrected chi connectivity index (χ4v) is 2.37. The summed E-state index contributed by atoms with van der Waals surface area (Å²) in [6.07, 6.45) is 5.47. The summed E-state index contributed by atoms with van der Waals surface area (Å²) >= 11 is 1.70. The van der Waals surface area contributed by atoms with Gasteiger partial charge < -0.3 is 10.4 Å². The second-order valence-electron chi connectivity index (χ2n) is 4.33. The topological polar surface area (TPSA) is 66.4 Å². The monoisotopic (exact) mass is 293 g/mol. The van der Waals surface area contributed by atoms with Crippen LogP contribution in [0, 0.1) is 0 Å². The maximum absolute atomic E-state index is 12.0. The van der Waals surface area contributed by atoms with Crippen LogP contribution < -0.4 is 5.32 Å². The quantitative estimate of drug-likeness (QED) is 0.759. The van der Waals surface area contributed by atoms with Crippen LogP contribution in [-0.2, 0) is 4.79 Å². The fourth-order valence-electron chi connectivity index (χ4n) is 1.64. The predicted octanol–water partition coefficient (Wildman–Crippen LogP) is 2.66. The molecule has 0 heterocycles. The van der Waals surface area contributed by atoms with Gasteiger partial charge in [0, 0.05) is 23.4 Å². The minimum Gasteiger partial charge on any atom is -0.478 e. The Balaban J connectivity index is 2.68. The molecule has 1 unspecified atom stereocenters. The van der Waals surface area contributed by atoms with Crippen LogP contribution in [0.15, 0.2) is 30.3 Å². The van der Waals surface area contributed by atoms with Gasteiger partial charge in [-0.2, -0.15) is 11.8 Å². The van der Waals surface area contributed by atoms with Crippen LogP contribution in [0.3, 0.4) is 0 Å². The fraction of sp³-hybridized carbons (Fsp3) is 0.333. The van der Waals surface area contributed by atoms with Crippen molar-refractivity contribution in [2.24, 2.45) is 0 Å². The summed E-state index contributed by atoms with van der Waals surface area (Å²) in [6, 6.07) is 7.02. The molecular weight excluding hydrogens is 274 g/mol. The highest BCUT2D eigenvalue weighted by atomic mass is 32.2. The van der Waals surface area contributed by atoms with Crippen LogP contribution in [0.25, 0.3) is 6.08 Å². The van der Waals surface area contributed by atoms with Gasteiger partial charge in [0.05, 0.1) is 0 Å². The molecule has 1 amide bonds. The first-order valence-electron chi connectivity index (χ1n) is 6.37. The number of rotatable bonds is 7. The Morgan fingerprint density at radius 2 is 2.00 bits per heavy atom. The summed E-state index contributed by atoms with van der Waals surface area (Å²) in [7, 11) is 0. The van der Waals surface area contributed by atoms with E-state index in [1.807, 2.05) is 13.2 Å². The highest BCUT2D eigenvalue weighted by molar-refractivity contribution is 7.98. The van der Waals surface area contributed by atoms with Gasteiger partial charge in [0.15, 0.2) is 0 Å². The van der Waals surface area contributed by atoms with E-state index in [1.165, 1.54) is 6.08 Å². The summed E-state index contributed by atoms with van der Waals surface area (Å²) in [4.78, 5) is 22.4. The molecule has 0 radical (unpaired) electrons. The molecule has 0 saturated heterocycles. The molecule has 108 valence electrons. The summed E-state index contributed by atoms with van der Waals surface area (Å²) in [5.41, 5.74) is 1.33. The Kier molecular flexibility index (Phi) is 6.87. The molecule has 1 aromatic carbocycles. The van der Waals surface area contributed by atoms with E-state index in [0.717, 1.165) is 23.8 Å². The van der Waals surface area contributed by atoms with Crippen LogP contribution in [0.4, 0.5) is 0 Å². The standard InChI is InChI=1S/C15H19NO3S/c1-3-13(10-20-2)16-15(19)12-7-4-11(5-8-12)6-9-14(17)18/h4-9,13H,3,10H2,1-2H3,(H,16,19)(H,17,18)/b9-6+. The molecule has 0 aliphatic rings. The number of amides is 1. The zero-order valence-corrected chi connectivity index (χ0v) is 12.4. The van der Waals surface area contributed by atoms with Gasteiger partial charge in [0.25, 0.3) is 5.91 Å². The second kappa shape index (κ2) is 8.43. The molecule has 1 aromatic rings. The minimum atomic E-state index is -0.991. The number of nitrogens with one attached hydrogen (secondary N) is 1. The van der Waals surface area contributed by atoms with Crippen LogP contribution in [0.2, 0.25) is 0 Å². The normalized spacial score (nSPS) is 12.3. The first-order valence-corrected chi connectivity index (χ1v) is 7.77. The number of hydrogen-bond acceptors (Lipinski definition) is 3. The lowest BCUT2D eigenvalue weighted by Crippen LogP contribution is -2.36. The largest absolute Gasteiger partial charge is 0.478 e. The molecule has 5 heteroatoms. The van der Waals surface area contributed by atoms with Gasteiger partial charge in [0.2, 0.25) is 0 Å². The van der Waals surface area contributed by atoms with Gasteiger partial charge in [-0.1, -0.05) is 19.1 Å². The van der Waals surface area contributed by atoms with E-state index in [2.05, 4.69) is 5.32 Å². The Hall–Kier alpha value is -1.75. The lowest BCUT2D eigenvalue weighted by atomic mass is 10.1. The number of carbonyl (C=O) groups excluding carboxylic acids is 1. The smallest absolute Gasteiger partial charge is 0.328 e. The van der Waals surface area contributed by atoms with Gasteiger partial charge in [-0.3, -0.25) is 4.79 Å². The van der Waals surface area contributed by atoms with E-state index in [4.69, 9.17) is 5.11 Å². The number of carboxylic acids is 1. The van der Waals surface area contributed by atoms with E-state index in [0.29, 0.717) is 5.56 Å². The van der Waals surface area contributed by atoms with E-state index in [-0.39, 0.29) is 11.9 Å². The van der Waals surface area contributed by atoms with Crippen LogP contribution in [0.5, 0.6) is 0 Å². The van der Waals surface area contributed by atoms with Gasteiger partial charge in [-0.15, -0.1) is 0 Å². The number of carbonyl (C=O) groups is 2. The molecule has 2 N–H and O–H groups in total. The Bertz CT molecular complexity index is 482. The first kappa shape index (κ1) is 16.3. The molecule has 20 heavy (non-hydrogen) atoms. The van der Waals surface area contributed by atoms with Crippen molar-refractivity contribution < 1.29 is 14.7 Å². The van der Waals surface area contributed by atoms with Crippen molar-refractivity contribution in [3.05, 3.63) is 41.5 Å². The summed E-state index contributed by atoms with van der Waals surface area (Å²) in [5.74, 6) is -0.198. The van der Waals surface area contributed by atoms with Gasteiger partial charge >= 0.3 is 5.97 Å². The van der Waals surface area contributed by atoms with Crippen molar-refractivity contribution in [3.8, 4) is 0 Å². The van der Waals surface area contributed by atoms with Crippen molar-refractivity contribution in [1.29, 1.82) is 0 Å². The third-order valence-electron chi connectivity index (χ3n) is 2.79. The maximum atomic E-state index is 12.0. The van der Waals surface area contributed by atoms with Gasteiger partial charge in [-0.05, 0) is 36.4 Å². The molecule has 0 aliphatic carbocycles. The first-order chi connectivity index (χ1) is 9.56. The molecule has 4 nitrogen and oxygen atoms in total. The number of aliphatic carboxylic acids is 1. The molecule has 0 aliphatic heterocycles. The SMILES string of the molecule is CCC(CSC)NC(=O)c1ccc(/C=C/C(=O)O)cc1. The Morgan fingerprint density at radius 3 is 2.50 bits per heavy atom. The Labute approximate surface area is 123 Å². The summed E-state index contributed by atoms with van der Waals surface area (Å²) in [6.45, 7) is 2.04.